The van der Waals surface area contributed by atoms with Crippen molar-refractivity contribution in [2.24, 2.45) is 0 Å². The van der Waals surface area contributed by atoms with Crippen LogP contribution in [0.2, 0.25) is 5.02 Å². The van der Waals surface area contributed by atoms with E-state index in [4.69, 9.17) is 11.6 Å². The summed E-state index contributed by atoms with van der Waals surface area (Å²) in [5.41, 5.74) is 1.13. The van der Waals surface area contributed by atoms with Gasteiger partial charge in [0.2, 0.25) is 5.91 Å². The summed E-state index contributed by atoms with van der Waals surface area (Å²) < 4.78 is 0. The highest BCUT2D eigenvalue weighted by Crippen LogP contribution is 2.26. The van der Waals surface area contributed by atoms with Gasteiger partial charge in [0.1, 0.15) is 0 Å². The Hall–Kier alpha value is -1.40. The quantitative estimate of drug-likeness (QED) is 0.895. The van der Waals surface area contributed by atoms with E-state index in [1.165, 1.54) is 0 Å². The number of nitrogens with one attached hydrogen (secondary N) is 2. The summed E-state index contributed by atoms with van der Waals surface area (Å²) in [6.45, 7) is 3.25. The molecule has 0 unspecified atom stereocenters. The Labute approximate surface area is 133 Å². The zero-order valence-corrected chi connectivity index (χ0v) is 13.4. The third-order valence-corrected chi connectivity index (χ3v) is 4.38. The summed E-state index contributed by atoms with van der Waals surface area (Å²) in [6.07, 6.45) is 0.399. The van der Waals surface area contributed by atoms with Gasteiger partial charge >= 0.3 is 6.03 Å². The molecule has 1 heterocycles. The standard InChI is InChI=1S/C14H18ClN3O2S/c1-2-13(19)16-10-3-4-11(15)12(9-10)17-14(20)18-5-7-21-8-6-18/h3-4,9H,2,5-8H2,1H3,(H,16,19)(H,17,20). The van der Waals surface area contributed by atoms with Crippen molar-refractivity contribution in [2.45, 2.75) is 13.3 Å². The molecular formula is C14H18ClN3O2S. The van der Waals surface area contributed by atoms with Crippen LogP contribution in [0.1, 0.15) is 13.3 Å². The molecule has 7 heteroatoms. The molecule has 0 aliphatic carbocycles. The van der Waals surface area contributed by atoms with Crippen LogP contribution in [0, 0.1) is 0 Å². The number of amides is 3. The van der Waals surface area contributed by atoms with E-state index in [0.29, 0.717) is 22.8 Å². The van der Waals surface area contributed by atoms with Gasteiger partial charge in [-0.3, -0.25) is 4.79 Å². The van der Waals surface area contributed by atoms with E-state index in [1.807, 2.05) is 11.8 Å². The highest BCUT2D eigenvalue weighted by atomic mass is 35.5. The number of anilines is 2. The molecule has 1 aliphatic heterocycles. The number of rotatable bonds is 3. The van der Waals surface area contributed by atoms with Gasteiger partial charge in [0, 0.05) is 36.7 Å². The molecule has 5 nitrogen and oxygen atoms in total. The van der Waals surface area contributed by atoms with Crippen LogP contribution in [0.3, 0.4) is 0 Å². The third kappa shape index (κ3) is 4.54. The van der Waals surface area contributed by atoms with Gasteiger partial charge in [0.05, 0.1) is 10.7 Å². The summed E-state index contributed by atoms with van der Waals surface area (Å²) in [6, 6.07) is 4.89. The molecule has 21 heavy (non-hydrogen) atoms. The minimum Gasteiger partial charge on any atom is -0.326 e. The number of nitrogens with zero attached hydrogens (tertiary/aromatic N) is 1. The maximum absolute atomic E-state index is 12.2. The number of urea groups is 1. The van der Waals surface area contributed by atoms with E-state index in [1.54, 1.807) is 30.0 Å². The van der Waals surface area contributed by atoms with Crippen molar-refractivity contribution in [1.82, 2.24) is 4.90 Å². The summed E-state index contributed by atoms with van der Waals surface area (Å²) >= 11 is 7.94. The van der Waals surface area contributed by atoms with E-state index >= 15 is 0 Å². The molecule has 0 spiro atoms. The van der Waals surface area contributed by atoms with E-state index in [2.05, 4.69) is 10.6 Å². The number of hydrogen-bond donors (Lipinski definition) is 2. The maximum atomic E-state index is 12.2. The molecule has 1 aromatic rings. The first kappa shape index (κ1) is 16.0. The second-order valence-corrected chi connectivity index (χ2v) is 6.26. The number of hydrogen-bond acceptors (Lipinski definition) is 3. The van der Waals surface area contributed by atoms with Crippen molar-refractivity contribution in [3.8, 4) is 0 Å². The fourth-order valence-electron chi connectivity index (χ4n) is 1.91. The normalized spacial score (nSPS) is 14.7. The highest BCUT2D eigenvalue weighted by molar-refractivity contribution is 7.99. The molecule has 0 radical (unpaired) electrons. The molecule has 114 valence electrons. The van der Waals surface area contributed by atoms with Gasteiger partial charge in [-0.15, -0.1) is 0 Å². The van der Waals surface area contributed by atoms with Crippen LogP contribution in [0.15, 0.2) is 18.2 Å². The van der Waals surface area contributed by atoms with Gasteiger partial charge < -0.3 is 15.5 Å². The van der Waals surface area contributed by atoms with Crippen LogP contribution in [0.5, 0.6) is 0 Å². The topological polar surface area (TPSA) is 61.4 Å². The van der Waals surface area contributed by atoms with Gasteiger partial charge in [-0.05, 0) is 18.2 Å². The van der Waals surface area contributed by atoms with E-state index < -0.39 is 0 Å². The predicted octanol–water partition coefficient (Wildman–Crippen LogP) is 3.27. The first-order chi connectivity index (χ1) is 10.1. The molecular weight excluding hydrogens is 310 g/mol. The molecule has 2 rings (SSSR count). The Morgan fingerprint density at radius 1 is 1.29 bits per heavy atom. The largest absolute Gasteiger partial charge is 0.326 e. The van der Waals surface area contributed by atoms with Crippen molar-refractivity contribution in [2.75, 3.05) is 35.2 Å². The number of carbonyl (C=O) groups is 2. The molecule has 1 aromatic carbocycles. The van der Waals surface area contributed by atoms with Crippen LogP contribution < -0.4 is 10.6 Å². The molecule has 0 bridgehead atoms. The van der Waals surface area contributed by atoms with Crippen LogP contribution in [0.25, 0.3) is 0 Å². The summed E-state index contributed by atoms with van der Waals surface area (Å²) in [4.78, 5) is 25.3. The van der Waals surface area contributed by atoms with Gasteiger partial charge in [-0.2, -0.15) is 11.8 Å². The van der Waals surface area contributed by atoms with Crippen LogP contribution in [-0.2, 0) is 4.79 Å². The van der Waals surface area contributed by atoms with E-state index in [0.717, 1.165) is 24.6 Å². The van der Waals surface area contributed by atoms with Crippen molar-refractivity contribution >= 4 is 46.7 Å². The van der Waals surface area contributed by atoms with Crippen LogP contribution in [0.4, 0.5) is 16.2 Å². The molecule has 1 saturated heterocycles. The molecule has 0 aromatic heterocycles. The number of benzene rings is 1. The van der Waals surface area contributed by atoms with Crippen molar-refractivity contribution in [1.29, 1.82) is 0 Å². The lowest BCUT2D eigenvalue weighted by atomic mass is 10.2. The van der Waals surface area contributed by atoms with Crippen molar-refractivity contribution in [3.63, 3.8) is 0 Å². The number of thioether (sulfide) groups is 1. The van der Waals surface area contributed by atoms with Gasteiger partial charge in [0.25, 0.3) is 0 Å². The lowest BCUT2D eigenvalue weighted by Gasteiger charge is -2.26. The number of halogens is 1. The summed E-state index contributed by atoms with van der Waals surface area (Å²) in [7, 11) is 0. The lowest BCUT2D eigenvalue weighted by molar-refractivity contribution is -0.115. The van der Waals surface area contributed by atoms with E-state index in [9.17, 15) is 9.59 Å². The SMILES string of the molecule is CCC(=O)Nc1ccc(Cl)c(NC(=O)N2CCSCC2)c1. The Balaban J connectivity index is 2.05. The summed E-state index contributed by atoms with van der Waals surface area (Å²) in [5, 5.41) is 6.00. The zero-order valence-electron chi connectivity index (χ0n) is 11.8. The fourth-order valence-corrected chi connectivity index (χ4v) is 2.98. The minimum absolute atomic E-state index is 0.0809. The van der Waals surface area contributed by atoms with E-state index in [-0.39, 0.29) is 11.9 Å². The second-order valence-electron chi connectivity index (χ2n) is 4.63. The Kier molecular flexibility index (Phi) is 5.76. The molecule has 0 saturated carbocycles. The highest BCUT2D eigenvalue weighted by Gasteiger charge is 2.17. The van der Waals surface area contributed by atoms with Gasteiger partial charge in [0.15, 0.2) is 0 Å². The predicted molar refractivity (Wildman–Crippen MR) is 88.3 cm³/mol. The van der Waals surface area contributed by atoms with Crippen LogP contribution >= 0.6 is 23.4 Å². The fraction of sp³-hybridized carbons (Fsp3) is 0.429. The first-order valence-electron chi connectivity index (χ1n) is 6.83. The number of carbonyl (C=O) groups excluding carboxylic acids is 2. The van der Waals surface area contributed by atoms with Crippen LogP contribution in [-0.4, -0.2) is 41.4 Å². The average Bonchev–Trinajstić information content (AvgIpc) is 2.51. The monoisotopic (exact) mass is 327 g/mol. The molecule has 3 amide bonds. The zero-order chi connectivity index (χ0) is 15.2. The summed E-state index contributed by atoms with van der Waals surface area (Å²) in [5.74, 6) is 1.82. The minimum atomic E-state index is -0.156. The second kappa shape index (κ2) is 7.56. The Bertz CT molecular complexity index is 533. The molecule has 0 atom stereocenters. The van der Waals surface area contributed by atoms with Gasteiger partial charge in [-0.25, -0.2) is 4.79 Å². The lowest BCUT2D eigenvalue weighted by Crippen LogP contribution is -2.40. The molecule has 1 fully saturated rings. The molecule has 2 N–H and O–H groups in total. The Morgan fingerprint density at radius 2 is 2.00 bits per heavy atom. The molecule has 1 aliphatic rings. The van der Waals surface area contributed by atoms with Gasteiger partial charge in [-0.1, -0.05) is 18.5 Å². The first-order valence-corrected chi connectivity index (χ1v) is 8.36. The smallest absolute Gasteiger partial charge is 0.321 e. The maximum Gasteiger partial charge on any atom is 0.321 e. The van der Waals surface area contributed by atoms with Crippen molar-refractivity contribution < 1.29 is 9.59 Å². The van der Waals surface area contributed by atoms with Crippen molar-refractivity contribution in [3.05, 3.63) is 23.2 Å². The average molecular weight is 328 g/mol. The Morgan fingerprint density at radius 3 is 2.67 bits per heavy atom. The third-order valence-electron chi connectivity index (χ3n) is 3.11.